The van der Waals surface area contributed by atoms with Crippen LogP contribution in [-0.4, -0.2) is 5.91 Å². The lowest BCUT2D eigenvalue weighted by Gasteiger charge is -2.10. The maximum Gasteiger partial charge on any atom is 0.266 e. The molecule has 4 rings (SSSR count). The van der Waals surface area contributed by atoms with Gasteiger partial charge in [0.05, 0.1) is 10.2 Å². The predicted octanol–water partition coefficient (Wildman–Crippen LogP) is 6.87. The zero-order chi connectivity index (χ0) is 23.2. The van der Waals surface area contributed by atoms with Crippen molar-refractivity contribution in [1.82, 2.24) is 0 Å². The van der Waals surface area contributed by atoms with Crippen molar-refractivity contribution in [2.75, 3.05) is 5.32 Å². The number of carbonyl (C=O) groups excluding carboxylic acids is 1. The first-order valence-electron chi connectivity index (χ1n) is 10.1. The van der Waals surface area contributed by atoms with Crippen molar-refractivity contribution in [1.29, 1.82) is 5.26 Å². The van der Waals surface area contributed by atoms with Crippen LogP contribution >= 0.6 is 15.9 Å². The molecule has 0 aliphatic heterocycles. The Bertz CT molecular complexity index is 1410. The maximum atomic E-state index is 13.8. The summed E-state index contributed by atoms with van der Waals surface area (Å²) in [5.74, 6) is -0.622. The van der Waals surface area contributed by atoms with Gasteiger partial charge >= 0.3 is 0 Å². The Balaban J connectivity index is 1.46. The Labute approximate surface area is 199 Å². The fraction of sp³-hybridized carbons (Fsp3) is 0.0370. The summed E-state index contributed by atoms with van der Waals surface area (Å²) >= 11 is 3.49. The van der Waals surface area contributed by atoms with E-state index < -0.39 is 11.7 Å². The summed E-state index contributed by atoms with van der Waals surface area (Å²) in [6.45, 7) is 0.396. The van der Waals surface area contributed by atoms with Gasteiger partial charge < -0.3 is 10.1 Å². The molecular formula is C27H18BrFN2O2. The minimum Gasteiger partial charge on any atom is -0.488 e. The summed E-state index contributed by atoms with van der Waals surface area (Å²) in [5.41, 5.74) is 1.54. The lowest BCUT2D eigenvalue weighted by Crippen LogP contribution is -2.14. The van der Waals surface area contributed by atoms with Crippen LogP contribution in [0.25, 0.3) is 16.8 Å². The number of fused-ring (bicyclic) bond motifs is 1. The zero-order valence-electron chi connectivity index (χ0n) is 17.4. The van der Waals surface area contributed by atoms with Crippen LogP contribution in [-0.2, 0) is 11.4 Å². The molecule has 0 radical (unpaired) electrons. The Morgan fingerprint density at radius 3 is 2.52 bits per heavy atom. The van der Waals surface area contributed by atoms with E-state index in [4.69, 9.17) is 4.74 Å². The number of nitrogens with zero attached hydrogens (tertiary/aromatic N) is 1. The molecule has 0 heterocycles. The number of hydrogen-bond acceptors (Lipinski definition) is 3. The molecule has 0 saturated heterocycles. The van der Waals surface area contributed by atoms with E-state index in [1.54, 1.807) is 24.3 Å². The zero-order valence-corrected chi connectivity index (χ0v) is 19.0. The van der Waals surface area contributed by atoms with Gasteiger partial charge in [-0.25, -0.2) is 4.39 Å². The number of nitriles is 1. The van der Waals surface area contributed by atoms with Gasteiger partial charge in [-0.1, -0.05) is 54.6 Å². The fourth-order valence-corrected chi connectivity index (χ4v) is 3.79. The topological polar surface area (TPSA) is 62.1 Å². The van der Waals surface area contributed by atoms with Gasteiger partial charge in [0.25, 0.3) is 5.91 Å². The molecule has 0 atom stereocenters. The minimum atomic E-state index is -0.685. The van der Waals surface area contributed by atoms with E-state index in [1.165, 1.54) is 29.7 Å². The van der Waals surface area contributed by atoms with Gasteiger partial charge in [-0.15, -0.1) is 0 Å². The maximum absolute atomic E-state index is 13.8. The summed E-state index contributed by atoms with van der Waals surface area (Å²) in [6, 6.07) is 27.2. The number of anilines is 1. The summed E-state index contributed by atoms with van der Waals surface area (Å²) in [7, 11) is 0. The second-order valence-corrected chi connectivity index (χ2v) is 8.12. The highest BCUT2D eigenvalue weighted by atomic mass is 79.9. The third kappa shape index (κ3) is 5.46. The number of ether oxygens (including phenoxy) is 1. The molecule has 4 aromatic rings. The molecular weight excluding hydrogens is 483 g/mol. The number of carbonyl (C=O) groups is 1. The Hall–Kier alpha value is -3.95. The van der Waals surface area contributed by atoms with Gasteiger partial charge in [-0.3, -0.25) is 4.79 Å². The van der Waals surface area contributed by atoms with Crippen LogP contribution in [0.1, 0.15) is 11.1 Å². The first-order valence-corrected chi connectivity index (χ1v) is 10.9. The van der Waals surface area contributed by atoms with Gasteiger partial charge in [0.15, 0.2) is 0 Å². The van der Waals surface area contributed by atoms with Crippen LogP contribution in [0.3, 0.4) is 0 Å². The average Bonchev–Trinajstić information content (AvgIpc) is 2.83. The molecule has 0 aromatic heterocycles. The van der Waals surface area contributed by atoms with Crippen molar-refractivity contribution >= 4 is 44.4 Å². The number of benzene rings is 4. The van der Waals surface area contributed by atoms with Gasteiger partial charge in [-0.2, -0.15) is 5.26 Å². The second kappa shape index (κ2) is 10.1. The molecule has 4 nitrogen and oxygen atoms in total. The van der Waals surface area contributed by atoms with Crippen LogP contribution in [0.15, 0.2) is 95.0 Å². The molecule has 0 fully saturated rings. The van der Waals surface area contributed by atoms with Gasteiger partial charge in [-0.05, 0) is 74.2 Å². The first kappa shape index (κ1) is 22.3. The van der Waals surface area contributed by atoms with E-state index in [2.05, 4.69) is 45.5 Å². The Kier molecular flexibility index (Phi) is 6.82. The smallest absolute Gasteiger partial charge is 0.266 e. The van der Waals surface area contributed by atoms with E-state index in [9.17, 15) is 14.4 Å². The molecule has 1 amide bonds. The van der Waals surface area contributed by atoms with E-state index in [-0.39, 0.29) is 11.3 Å². The average molecular weight is 501 g/mol. The summed E-state index contributed by atoms with van der Waals surface area (Å²) in [6.07, 6.45) is 1.44. The van der Waals surface area contributed by atoms with Gasteiger partial charge in [0.2, 0.25) is 0 Å². The van der Waals surface area contributed by atoms with Crippen LogP contribution in [0.2, 0.25) is 0 Å². The van der Waals surface area contributed by atoms with E-state index in [1.807, 2.05) is 24.3 Å². The number of hydrogen-bond donors (Lipinski definition) is 1. The SMILES string of the molecule is N#C/C(=C/c1ccc(OCc2ccc3ccccc3c2)c(Br)c1)C(=O)Nc1ccccc1F. The highest BCUT2D eigenvalue weighted by molar-refractivity contribution is 9.10. The van der Waals surface area contributed by atoms with Crippen LogP contribution in [0.4, 0.5) is 10.1 Å². The molecule has 0 spiro atoms. The Morgan fingerprint density at radius 1 is 1.00 bits per heavy atom. The number of halogens is 2. The summed E-state index contributed by atoms with van der Waals surface area (Å²) in [5, 5.41) is 14.1. The van der Waals surface area contributed by atoms with Crippen LogP contribution in [0.5, 0.6) is 5.75 Å². The third-order valence-electron chi connectivity index (χ3n) is 4.96. The lowest BCUT2D eigenvalue weighted by atomic mass is 10.1. The van der Waals surface area contributed by atoms with Crippen molar-refractivity contribution in [3.05, 3.63) is 112 Å². The predicted molar refractivity (Wildman–Crippen MR) is 131 cm³/mol. The third-order valence-corrected chi connectivity index (χ3v) is 5.58. The molecule has 4 aromatic carbocycles. The van der Waals surface area contributed by atoms with E-state index in [0.717, 1.165) is 10.9 Å². The normalized spacial score (nSPS) is 11.1. The second-order valence-electron chi connectivity index (χ2n) is 7.26. The van der Waals surface area contributed by atoms with Crippen molar-refractivity contribution in [3.63, 3.8) is 0 Å². The van der Waals surface area contributed by atoms with Crippen molar-refractivity contribution < 1.29 is 13.9 Å². The van der Waals surface area contributed by atoms with Gasteiger partial charge in [0, 0.05) is 0 Å². The van der Waals surface area contributed by atoms with Crippen LogP contribution in [0, 0.1) is 17.1 Å². The largest absolute Gasteiger partial charge is 0.488 e. The molecule has 162 valence electrons. The minimum absolute atomic E-state index is 0.0160. The Morgan fingerprint density at radius 2 is 1.76 bits per heavy atom. The quantitative estimate of drug-likeness (QED) is 0.232. The number of amides is 1. The fourth-order valence-electron chi connectivity index (χ4n) is 3.28. The number of para-hydroxylation sites is 1. The lowest BCUT2D eigenvalue weighted by molar-refractivity contribution is -0.112. The molecule has 6 heteroatoms. The monoisotopic (exact) mass is 500 g/mol. The highest BCUT2D eigenvalue weighted by Crippen LogP contribution is 2.28. The molecule has 33 heavy (non-hydrogen) atoms. The van der Waals surface area contributed by atoms with Crippen molar-refractivity contribution in [3.8, 4) is 11.8 Å². The summed E-state index contributed by atoms with van der Waals surface area (Å²) < 4.78 is 20.4. The molecule has 0 aliphatic carbocycles. The standard InChI is InChI=1S/C27H18BrFN2O2/c28-23-15-18(13-22(16-30)27(32)31-25-8-4-3-7-24(25)29)10-12-26(23)33-17-19-9-11-20-5-1-2-6-21(20)14-19/h1-15H,17H2,(H,31,32)/b22-13-. The van der Waals surface area contributed by atoms with Crippen LogP contribution < -0.4 is 10.1 Å². The van der Waals surface area contributed by atoms with E-state index >= 15 is 0 Å². The molecule has 1 N–H and O–H groups in total. The number of rotatable bonds is 6. The highest BCUT2D eigenvalue weighted by Gasteiger charge is 2.12. The van der Waals surface area contributed by atoms with E-state index in [0.29, 0.717) is 22.4 Å². The van der Waals surface area contributed by atoms with Crippen molar-refractivity contribution in [2.24, 2.45) is 0 Å². The molecule has 0 aliphatic rings. The molecule has 0 bridgehead atoms. The molecule has 0 unspecified atom stereocenters. The van der Waals surface area contributed by atoms with Gasteiger partial charge in [0.1, 0.15) is 29.8 Å². The molecule has 0 saturated carbocycles. The first-order chi connectivity index (χ1) is 16.0. The number of nitrogens with one attached hydrogen (secondary N) is 1. The van der Waals surface area contributed by atoms with Crippen molar-refractivity contribution in [2.45, 2.75) is 6.61 Å². The summed E-state index contributed by atoms with van der Waals surface area (Å²) in [4.78, 5) is 12.4.